The molecule has 1 fully saturated rings. The molecule has 130 valence electrons. The van der Waals surface area contributed by atoms with Gasteiger partial charge in [0.25, 0.3) is 0 Å². The van der Waals surface area contributed by atoms with Crippen molar-refractivity contribution >= 4 is 11.6 Å². The number of aromatic nitrogens is 3. The first-order chi connectivity index (χ1) is 11.4. The van der Waals surface area contributed by atoms with E-state index in [1.54, 1.807) is 13.8 Å². The fourth-order valence-corrected chi connectivity index (χ4v) is 3.47. The summed E-state index contributed by atoms with van der Waals surface area (Å²) in [5, 5.41) is 22.9. The normalized spacial score (nSPS) is 21.8. The molecule has 0 radical (unpaired) electrons. The van der Waals surface area contributed by atoms with Crippen molar-refractivity contribution in [3.05, 3.63) is 46.7 Å². The minimum absolute atomic E-state index is 0.254. The summed E-state index contributed by atoms with van der Waals surface area (Å²) in [6, 6.07) is 8.51. The van der Waals surface area contributed by atoms with Crippen LogP contribution in [0.2, 0.25) is 5.02 Å². The quantitative estimate of drug-likeness (QED) is 0.868. The molecular weight excluding hydrogens is 324 g/mol. The van der Waals surface area contributed by atoms with E-state index in [2.05, 4.69) is 21.7 Å². The van der Waals surface area contributed by atoms with Crippen LogP contribution in [0.4, 0.5) is 0 Å². The molecule has 0 amide bonds. The number of rotatable bonds is 5. The molecule has 0 unspecified atom stereocenters. The van der Waals surface area contributed by atoms with Crippen LogP contribution in [-0.4, -0.2) is 26.1 Å². The molecule has 0 aliphatic heterocycles. The number of nitrogens with zero attached hydrogens (tertiary/aromatic N) is 3. The van der Waals surface area contributed by atoms with Gasteiger partial charge < -0.3 is 10.4 Å². The molecule has 1 saturated carbocycles. The number of aliphatic hydroxyl groups is 1. The van der Waals surface area contributed by atoms with Crippen LogP contribution in [0.3, 0.4) is 0 Å². The van der Waals surface area contributed by atoms with Gasteiger partial charge in [-0.2, -0.15) is 0 Å². The van der Waals surface area contributed by atoms with Gasteiger partial charge >= 0.3 is 0 Å². The lowest BCUT2D eigenvalue weighted by Crippen LogP contribution is -2.39. The van der Waals surface area contributed by atoms with Gasteiger partial charge in [0.2, 0.25) is 0 Å². The minimum Gasteiger partial charge on any atom is -0.384 e. The fraction of sp³-hybridized carbons (Fsp3) is 0.556. The Bertz CT molecular complexity index is 680. The minimum atomic E-state index is -0.965. The molecule has 2 atom stereocenters. The second-order valence-electron chi connectivity index (χ2n) is 7.07. The summed E-state index contributed by atoms with van der Waals surface area (Å²) in [7, 11) is 0. The predicted molar refractivity (Wildman–Crippen MR) is 94.9 cm³/mol. The average molecular weight is 349 g/mol. The lowest BCUT2D eigenvalue weighted by atomic mass is 9.90. The molecule has 5 nitrogen and oxygen atoms in total. The molecule has 3 rings (SSSR count). The zero-order valence-corrected chi connectivity index (χ0v) is 15.0. The number of nitrogens with one attached hydrogen (secondary N) is 1. The second kappa shape index (κ2) is 7.21. The third-order valence-corrected chi connectivity index (χ3v) is 5.09. The SMILES string of the molecule is CC(C)(O)c1cn([C@@H]2CCCC[C@@H]2NCc2ccccc2Cl)nn1. The lowest BCUT2D eigenvalue weighted by Gasteiger charge is -2.32. The highest BCUT2D eigenvalue weighted by atomic mass is 35.5. The van der Waals surface area contributed by atoms with Crippen molar-refractivity contribution in [1.29, 1.82) is 0 Å². The highest BCUT2D eigenvalue weighted by Gasteiger charge is 2.29. The van der Waals surface area contributed by atoms with Crippen LogP contribution in [0.15, 0.2) is 30.5 Å². The van der Waals surface area contributed by atoms with E-state index < -0.39 is 5.60 Å². The summed E-state index contributed by atoms with van der Waals surface area (Å²) >= 11 is 6.25. The summed E-state index contributed by atoms with van der Waals surface area (Å²) < 4.78 is 1.91. The van der Waals surface area contributed by atoms with Crippen LogP contribution in [0.5, 0.6) is 0 Å². The van der Waals surface area contributed by atoms with Gasteiger partial charge in [-0.25, -0.2) is 4.68 Å². The molecule has 24 heavy (non-hydrogen) atoms. The van der Waals surface area contributed by atoms with Gasteiger partial charge in [-0.3, -0.25) is 0 Å². The Morgan fingerprint density at radius 3 is 2.75 bits per heavy atom. The summed E-state index contributed by atoms with van der Waals surface area (Å²) in [5.41, 5.74) is 0.755. The Hall–Kier alpha value is -1.43. The molecule has 1 aromatic carbocycles. The van der Waals surface area contributed by atoms with Gasteiger partial charge in [0, 0.05) is 17.6 Å². The van der Waals surface area contributed by atoms with Gasteiger partial charge in [-0.15, -0.1) is 5.10 Å². The van der Waals surface area contributed by atoms with E-state index in [9.17, 15) is 5.11 Å². The largest absolute Gasteiger partial charge is 0.384 e. The average Bonchev–Trinajstić information content (AvgIpc) is 3.04. The summed E-state index contributed by atoms with van der Waals surface area (Å²) in [6.45, 7) is 4.21. The zero-order valence-electron chi connectivity index (χ0n) is 14.2. The molecule has 1 heterocycles. The molecule has 6 heteroatoms. The third-order valence-electron chi connectivity index (χ3n) is 4.72. The van der Waals surface area contributed by atoms with Gasteiger partial charge in [0.1, 0.15) is 11.3 Å². The first-order valence-corrected chi connectivity index (χ1v) is 8.94. The van der Waals surface area contributed by atoms with E-state index in [-0.39, 0.29) is 6.04 Å². The van der Waals surface area contributed by atoms with Crippen LogP contribution in [0.1, 0.15) is 56.8 Å². The highest BCUT2D eigenvalue weighted by Crippen LogP contribution is 2.30. The smallest absolute Gasteiger partial charge is 0.114 e. The van der Waals surface area contributed by atoms with Crippen molar-refractivity contribution in [3.63, 3.8) is 0 Å². The van der Waals surface area contributed by atoms with E-state index in [0.717, 1.165) is 30.0 Å². The number of hydrogen-bond acceptors (Lipinski definition) is 4. The Balaban J connectivity index is 1.71. The van der Waals surface area contributed by atoms with Gasteiger partial charge in [-0.1, -0.05) is 47.9 Å². The summed E-state index contributed by atoms with van der Waals surface area (Å²) in [5.74, 6) is 0. The Labute approximate surface area is 148 Å². The maximum Gasteiger partial charge on any atom is 0.114 e. The molecule has 1 aliphatic rings. The third kappa shape index (κ3) is 3.97. The van der Waals surface area contributed by atoms with Crippen molar-refractivity contribution in [2.75, 3.05) is 0 Å². The molecule has 0 saturated heterocycles. The van der Waals surface area contributed by atoms with Gasteiger partial charge in [0.15, 0.2) is 0 Å². The van der Waals surface area contributed by atoms with Crippen LogP contribution in [-0.2, 0) is 12.1 Å². The van der Waals surface area contributed by atoms with Crippen molar-refractivity contribution in [2.45, 2.75) is 63.8 Å². The standard InChI is InChI=1S/C18H25ClN4O/c1-18(2,24)17-12-23(22-21-17)16-10-6-5-9-15(16)20-11-13-7-3-4-8-14(13)19/h3-4,7-8,12,15-16,20,24H,5-6,9-11H2,1-2H3/t15-,16+/m0/s1. The van der Waals surface area contributed by atoms with Crippen molar-refractivity contribution < 1.29 is 5.11 Å². The number of halogens is 1. The van der Waals surface area contributed by atoms with Gasteiger partial charge in [-0.05, 0) is 38.3 Å². The topological polar surface area (TPSA) is 63.0 Å². The Morgan fingerprint density at radius 1 is 1.29 bits per heavy atom. The molecule has 2 aromatic rings. The second-order valence-corrected chi connectivity index (χ2v) is 7.48. The van der Waals surface area contributed by atoms with Crippen LogP contribution in [0, 0.1) is 0 Å². The molecule has 1 aliphatic carbocycles. The zero-order chi connectivity index (χ0) is 17.2. The summed E-state index contributed by atoms with van der Waals surface area (Å²) in [4.78, 5) is 0. The van der Waals surface area contributed by atoms with Crippen molar-refractivity contribution in [2.24, 2.45) is 0 Å². The lowest BCUT2D eigenvalue weighted by molar-refractivity contribution is 0.0736. The fourth-order valence-electron chi connectivity index (χ4n) is 3.27. The molecule has 1 aromatic heterocycles. The first-order valence-electron chi connectivity index (χ1n) is 8.56. The number of benzene rings is 1. The van der Waals surface area contributed by atoms with Crippen molar-refractivity contribution in [1.82, 2.24) is 20.3 Å². The van der Waals surface area contributed by atoms with E-state index >= 15 is 0 Å². The maximum absolute atomic E-state index is 10.1. The van der Waals surface area contributed by atoms with Gasteiger partial charge in [0.05, 0.1) is 12.2 Å². The maximum atomic E-state index is 10.1. The molecule has 2 N–H and O–H groups in total. The van der Waals surface area contributed by atoms with E-state index in [0.29, 0.717) is 11.7 Å². The first kappa shape index (κ1) is 17.4. The predicted octanol–water partition coefficient (Wildman–Crippen LogP) is 3.43. The van der Waals surface area contributed by atoms with E-state index in [1.807, 2.05) is 29.1 Å². The Kier molecular flexibility index (Phi) is 5.23. The molecule has 0 bridgehead atoms. The highest BCUT2D eigenvalue weighted by molar-refractivity contribution is 6.31. The van der Waals surface area contributed by atoms with Crippen molar-refractivity contribution in [3.8, 4) is 0 Å². The monoisotopic (exact) mass is 348 g/mol. The van der Waals surface area contributed by atoms with E-state index in [1.165, 1.54) is 12.8 Å². The van der Waals surface area contributed by atoms with Crippen LogP contribution >= 0.6 is 11.6 Å². The molecular formula is C18H25ClN4O. The van der Waals surface area contributed by atoms with Crippen LogP contribution in [0.25, 0.3) is 0 Å². The van der Waals surface area contributed by atoms with E-state index in [4.69, 9.17) is 11.6 Å². The molecule has 0 spiro atoms. The summed E-state index contributed by atoms with van der Waals surface area (Å²) in [6.07, 6.45) is 6.44. The number of hydrogen-bond donors (Lipinski definition) is 2. The van der Waals surface area contributed by atoms with Crippen LogP contribution < -0.4 is 5.32 Å². The Morgan fingerprint density at radius 2 is 2.04 bits per heavy atom.